The third kappa shape index (κ3) is 4.86. The van der Waals surface area contributed by atoms with Crippen molar-refractivity contribution in [3.8, 4) is 11.3 Å². The van der Waals surface area contributed by atoms with Crippen LogP contribution in [0.5, 0.6) is 0 Å². The Balaban J connectivity index is 1.66. The highest BCUT2D eigenvalue weighted by atomic mass is 35.5. The number of amides is 1. The van der Waals surface area contributed by atoms with Crippen molar-refractivity contribution in [2.45, 2.75) is 13.1 Å². The Labute approximate surface area is 184 Å². The Morgan fingerprint density at radius 1 is 1.10 bits per heavy atom. The van der Waals surface area contributed by atoms with E-state index in [2.05, 4.69) is 10.3 Å². The van der Waals surface area contributed by atoms with E-state index in [9.17, 15) is 18.0 Å². The van der Waals surface area contributed by atoms with E-state index in [0.29, 0.717) is 22.2 Å². The number of hydrogen-bond donors (Lipinski definition) is 1. The molecule has 4 nitrogen and oxygen atoms in total. The summed E-state index contributed by atoms with van der Waals surface area (Å²) in [7, 11) is 0. The maximum atomic E-state index is 13.0. The molecule has 0 atom stereocenters. The van der Waals surface area contributed by atoms with Crippen LogP contribution in [0.25, 0.3) is 17.4 Å². The number of nitrogens with one attached hydrogen (secondary N) is 1. The molecule has 1 aromatic heterocycles. The molecule has 4 rings (SSSR count). The smallest absolute Gasteiger partial charge is 0.416 e. The Morgan fingerprint density at radius 3 is 2.55 bits per heavy atom. The number of halogens is 4. The third-order valence-electron chi connectivity index (χ3n) is 4.39. The van der Waals surface area contributed by atoms with Crippen LogP contribution >= 0.6 is 23.4 Å². The molecule has 3 aromatic rings. The molecular formula is C22H14ClF3N2O2S. The number of rotatable bonds is 3. The zero-order valence-electron chi connectivity index (χ0n) is 16.0. The number of amidine groups is 1. The van der Waals surface area contributed by atoms with Gasteiger partial charge in [0.15, 0.2) is 0 Å². The SMILES string of the molecule is Cc1ccc(N=C2NC(=O)SC2=Cc2ccc(-c3cc(C(F)(F)F)ccc3Cl)o2)cc1. The number of aliphatic imine (C=N–C) groups is 1. The fourth-order valence-electron chi connectivity index (χ4n) is 2.86. The Bertz CT molecular complexity index is 1210. The van der Waals surface area contributed by atoms with E-state index in [1.807, 2.05) is 31.2 Å². The van der Waals surface area contributed by atoms with Gasteiger partial charge in [0.05, 0.1) is 21.2 Å². The summed E-state index contributed by atoms with van der Waals surface area (Å²) in [4.78, 5) is 16.9. The van der Waals surface area contributed by atoms with Crippen LogP contribution in [0.3, 0.4) is 0 Å². The van der Waals surface area contributed by atoms with Crippen LogP contribution in [0.2, 0.25) is 5.02 Å². The molecular weight excluding hydrogens is 449 g/mol. The molecule has 158 valence electrons. The van der Waals surface area contributed by atoms with Crippen molar-refractivity contribution in [1.29, 1.82) is 0 Å². The minimum Gasteiger partial charge on any atom is -0.457 e. The maximum absolute atomic E-state index is 13.0. The molecule has 1 aliphatic rings. The summed E-state index contributed by atoms with van der Waals surface area (Å²) in [5.41, 5.74) is 1.06. The van der Waals surface area contributed by atoms with Crippen molar-refractivity contribution in [3.63, 3.8) is 0 Å². The van der Waals surface area contributed by atoms with Crippen molar-refractivity contribution in [2.75, 3.05) is 0 Å². The summed E-state index contributed by atoms with van der Waals surface area (Å²) in [6.07, 6.45) is -2.90. The molecule has 0 saturated carbocycles. The number of carbonyl (C=O) groups excluding carboxylic acids is 1. The fourth-order valence-corrected chi connectivity index (χ4v) is 3.78. The zero-order chi connectivity index (χ0) is 22.2. The number of benzene rings is 2. The second kappa shape index (κ2) is 8.28. The number of hydrogen-bond acceptors (Lipinski definition) is 4. The second-order valence-electron chi connectivity index (χ2n) is 6.71. The van der Waals surface area contributed by atoms with Crippen molar-refractivity contribution in [3.05, 3.63) is 81.4 Å². The molecule has 0 unspecified atom stereocenters. The quantitative estimate of drug-likeness (QED) is 0.439. The van der Waals surface area contributed by atoms with E-state index >= 15 is 0 Å². The highest BCUT2D eigenvalue weighted by molar-refractivity contribution is 8.18. The van der Waals surface area contributed by atoms with Crippen molar-refractivity contribution >= 4 is 46.2 Å². The summed E-state index contributed by atoms with van der Waals surface area (Å²) in [6, 6.07) is 13.6. The van der Waals surface area contributed by atoms with E-state index < -0.39 is 11.7 Å². The lowest BCUT2D eigenvalue weighted by Gasteiger charge is -2.09. The van der Waals surface area contributed by atoms with Gasteiger partial charge in [-0.1, -0.05) is 29.3 Å². The molecule has 0 aliphatic carbocycles. The Kier molecular flexibility index (Phi) is 5.68. The van der Waals surface area contributed by atoms with Gasteiger partial charge in [0.1, 0.15) is 17.4 Å². The minimum absolute atomic E-state index is 0.128. The molecule has 0 bridgehead atoms. The van der Waals surface area contributed by atoms with Crippen LogP contribution in [0, 0.1) is 6.92 Å². The molecule has 9 heteroatoms. The zero-order valence-corrected chi connectivity index (χ0v) is 17.5. The van der Waals surface area contributed by atoms with Gasteiger partial charge in [-0.3, -0.25) is 4.79 Å². The lowest BCUT2D eigenvalue weighted by molar-refractivity contribution is -0.137. The van der Waals surface area contributed by atoms with Crippen LogP contribution in [0.15, 0.2) is 68.9 Å². The van der Waals surface area contributed by atoms with Crippen LogP contribution in [0.1, 0.15) is 16.9 Å². The van der Waals surface area contributed by atoms with Gasteiger partial charge in [0.25, 0.3) is 5.24 Å². The number of alkyl halides is 3. The van der Waals surface area contributed by atoms with Crippen LogP contribution < -0.4 is 5.32 Å². The molecule has 1 fully saturated rings. The van der Waals surface area contributed by atoms with Gasteiger partial charge in [-0.15, -0.1) is 0 Å². The lowest BCUT2D eigenvalue weighted by Crippen LogP contribution is -2.18. The van der Waals surface area contributed by atoms with Gasteiger partial charge in [-0.2, -0.15) is 13.2 Å². The monoisotopic (exact) mass is 462 g/mol. The van der Waals surface area contributed by atoms with E-state index in [0.717, 1.165) is 29.5 Å². The first-order valence-electron chi connectivity index (χ1n) is 9.02. The molecule has 1 amide bonds. The van der Waals surface area contributed by atoms with Gasteiger partial charge in [0, 0.05) is 5.56 Å². The normalized spacial score (nSPS) is 16.9. The van der Waals surface area contributed by atoms with E-state index in [1.165, 1.54) is 12.1 Å². The largest absolute Gasteiger partial charge is 0.457 e. The molecule has 0 spiro atoms. The van der Waals surface area contributed by atoms with E-state index in [1.54, 1.807) is 12.1 Å². The van der Waals surface area contributed by atoms with Crippen molar-refractivity contribution in [1.82, 2.24) is 5.32 Å². The first kappa shape index (κ1) is 21.3. The number of furan rings is 1. The van der Waals surface area contributed by atoms with Crippen LogP contribution in [-0.2, 0) is 6.18 Å². The topological polar surface area (TPSA) is 54.6 Å². The maximum Gasteiger partial charge on any atom is 0.416 e. The lowest BCUT2D eigenvalue weighted by atomic mass is 10.1. The average Bonchev–Trinajstić information content (AvgIpc) is 3.30. The molecule has 2 heterocycles. The summed E-state index contributed by atoms with van der Waals surface area (Å²) in [5, 5.41) is 2.52. The van der Waals surface area contributed by atoms with E-state index in [4.69, 9.17) is 16.0 Å². The standard InChI is InChI=1S/C22H14ClF3N2O2S/c1-12-2-5-14(6-3-12)27-20-19(31-21(29)28-20)11-15-7-9-18(30-15)16-10-13(22(24,25)26)4-8-17(16)23/h2-11H,1H3,(H,27,28,29). The molecule has 0 radical (unpaired) electrons. The van der Waals surface area contributed by atoms with Crippen molar-refractivity contribution < 1.29 is 22.4 Å². The molecule has 31 heavy (non-hydrogen) atoms. The third-order valence-corrected chi connectivity index (χ3v) is 5.54. The first-order valence-corrected chi connectivity index (χ1v) is 10.2. The Hall–Kier alpha value is -2.97. The molecule has 2 aromatic carbocycles. The molecule has 1 aliphatic heterocycles. The average molecular weight is 463 g/mol. The second-order valence-corrected chi connectivity index (χ2v) is 8.14. The molecule has 1 saturated heterocycles. The number of aryl methyl sites for hydroxylation is 1. The first-order chi connectivity index (χ1) is 14.7. The van der Waals surface area contributed by atoms with Crippen LogP contribution in [0.4, 0.5) is 23.7 Å². The highest BCUT2D eigenvalue weighted by Crippen LogP contribution is 2.37. The predicted molar refractivity (Wildman–Crippen MR) is 117 cm³/mol. The summed E-state index contributed by atoms with van der Waals surface area (Å²) >= 11 is 7.03. The van der Waals surface area contributed by atoms with Gasteiger partial charge in [0.2, 0.25) is 0 Å². The van der Waals surface area contributed by atoms with Crippen LogP contribution in [-0.4, -0.2) is 11.1 Å². The van der Waals surface area contributed by atoms with Gasteiger partial charge in [-0.05, 0) is 67.2 Å². The number of carbonyl (C=O) groups is 1. The Morgan fingerprint density at radius 2 is 1.84 bits per heavy atom. The highest BCUT2D eigenvalue weighted by Gasteiger charge is 2.31. The fraction of sp³-hybridized carbons (Fsp3) is 0.0909. The van der Waals surface area contributed by atoms with Gasteiger partial charge >= 0.3 is 6.18 Å². The van der Waals surface area contributed by atoms with E-state index in [-0.39, 0.29) is 21.6 Å². The summed E-state index contributed by atoms with van der Waals surface area (Å²) < 4.78 is 44.8. The number of nitrogens with zero attached hydrogens (tertiary/aromatic N) is 1. The number of thioether (sulfide) groups is 1. The summed E-state index contributed by atoms with van der Waals surface area (Å²) in [5.74, 6) is 0.898. The minimum atomic E-state index is -4.50. The molecule has 1 N–H and O–H groups in total. The summed E-state index contributed by atoms with van der Waals surface area (Å²) in [6.45, 7) is 1.96. The van der Waals surface area contributed by atoms with Crippen molar-refractivity contribution in [2.24, 2.45) is 4.99 Å². The predicted octanol–water partition coefficient (Wildman–Crippen LogP) is 7.45. The van der Waals surface area contributed by atoms with Gasteiger partial charge < -0.3 is 9.73 Å². The van der Waals surface area contributed by atoms with Gasteiger partial charge in [-0.25, -0.2) is 4.99 Å².